The highest BCUT2D eigenvalue weighted by atomic mass is 16.3. The van der Waals surface area contributed by atoms with Crippen LogP contribution < -0.4 is 4.90 Å². The van der Waals surface area contributed by atoms with E-state index in [1.807, 2.05) is 24.3 Å². The molecule has 0 aliphatic carbocycles. The van der Waals surface area contributed by atoms with Crippen LogP contribution in [-0.2, 0) is 10.8 Å². The van der Waals surface area contributed by atoms with Gasteiger partial charge in [-0.05, 0) is 121 Å². The van der Waals surface area contributed by atoms with Crippen LogP contribution in [0, 0.1) is 0 Å². The fourth-order valence-corrected chi connectivity index (χ4v) is 10.4. The van der Waals surface area contributed by atoms with Crippen molar-refractivity contribution < 1.29 is 8.83 Å². The second kappa shape index (κ2) is 16.3. The van der Waals surface area contributed by atoms with Crippen LogP contribution in [0.15, 0.2) is 221 Å². The summed E-state index contributed by atoms with van der Waals surface area (Å²) in [7, 11) is 0. The van der Waals surface area contributed by atoms with E-state index in [1.165, 1.54) is 38.6 Å². The van der Waals surface area contributed by atoms with E-state index >= 15 is 0 Å². The summed E-state index contributed by atoms with van der Waals surface area (Å²) in [5.74, 6) is 0. The second-order valence-electron chi connectivity index (χ2n) is 20.5. The third kappa shape index (κ3) is 7.37. The van der Waals surface area contributed by atoms with Crippen LogP contribution in [0.25, 0.3) is 99.2 Å². The average Bonchev–Trinajstić information content (AvgIpc) is 3.94. The van der Waals surface area contributed by atoms with Gasteiger partial charge in [0, 0.05) is 38.4 Å². The minimum absolute atomic E-state index is 0.0203. The molecule has 0 unspecified atom stereocenters. The number of para-hydroxylation sites is 4. The van der Waals surface area contributed by atoms with Crippen LogP contribution >= 0.6 is 0 Å². The molecule has 0 atom stereocenters. The van der Waals surface area contributed by atoms with Crippen LogP contribution in [0.4, 0.5) is 17.1 Å². The molecule has 0 amide bonds. The molecule has 0 spiro atoms. The summed E-state index contributed by atoms with van der Waals surface area (Å²) in [6.07, 6.45) is 0. The summed E-state index contributed by atoms with van der Waals surface area (Å²) < 4.78 is 12.7. The lowest BCUT2D eigenvalue weighted by atomic mass is 9.78. The molecule has 0 saturated heterocycles. The van der Waals surface area contributed by atoms with Crippen LogP contribution in [0.2, 0.25) is 0 Å². The number of hydrogen-bond acceptors (Lipinski definition) is 3. The standard InChI is InChI=1S/C66H53NO2/c1-65(2,3)46-38-45(39-47(41-46)66(4,5)6)51-24-15-18-43-19-16-26-54(63(43)51)52-21-8-12-28-58(52)67(48-35-32-42(33-36-48)50-25-17-31-62-64(50)55-23-10-14-30-60(55)69-62)57-27-11-7-20-49(57)44-34-37-61-56(40-44)53-22-9-13-29-59(53)68-61/h7-41H,1-6H3. The van der Waals surface area contributed by atoms with Crippen molar-refractivity contribution in [3.05, 3.63) is 223 Å². The molecule has 3 nitrogen and oxygen atoms in total. The number of hydrogen-bond donors (Lipinski definition) is 0. The molecule has 0 aliphatic rings. The molecule has 2 aromatic heterocycles. The van der Waals surface area contributed by atoms with Gasteiger partial charge in [0.05, 0.1) is 11.4 Å². The van der Waals surface area contributed by atoms with Gasteiger partial charge >= 0.3 is 0 Å². The minimum atomic E-state index is -0.0203. The summed E-state index contributed by atoms with van der Waals surface area (Å²) in [6, 6.07) is 77.2. The van der Waals surface area contributed by atoms with Crippen molar-refractivity contribution in [2.45, 2.75) is 52.4 Å². The Morgan fingerprint density at radius 2 is 0.812 bits per heavy atom. The van der Waals surface area contributed by atoms with Crippen molar-refractivity contribution in [1.29, 1.82) is 0 Å². The van der Waals surface area contributed by atoms with Crippen molar-refractivity contribution in [2.75, 3.05) is 4.90 Å². The molecule has 0 saturated carbocycles. The van der Waals surface area contributed by atoms with Gasteiger partial charge in [0.2, 0.25) is 0 Å². The molecule has 0 radical (unpaired) electrons. The lowest BCUT2D eigenvalue weighted by Gasteiger charge is -2.30. The van der Waals surface area contributed by atoms with Gasteiger partial charge in [0.1, 0.15) is 22.3 Å². The first kappa shape index (κ1) is 42.2. The van der Waals surface area contributed by atoms with E-state index in [0.29, 0.717) is 0 Å². The molecular weight excluding hydrogens is 839 g/mol. The third-order valence-corrected chi connectivity index (χ3v) is 14.0. The largest absolute Gasteiger partial charge is 0.456 e. The predicted molar refractivity (Wildman–Crippen MR) is 292 cm³/mol. The molecule has 10 aromatic carbocycles. The lowest BCUT2D eigenvalue weighted by molar-refractivity contribution is 0.569. The zero-order valence-electron chi connectivity index (χ0n) is 40.0. The van der Waals surface area contributed by atoms with Crippen molar-refractivity contribution in [3.63, 3.8) is 0 Å². The van der Waals surface area contributed by atoms with E-state index in [-0.39, 0.29) is 10.8 Å². The van der Waals surface area contributed by atoms with Gasteiger partial charge in [0.15, 0.2) is 0 Å². The van der Waals surface area contributed by atoms with E-state index in [0.717, 1.165) is 88.8 Å². The summed E-state index contributed by atoms with van der Waals surface area (Å²) in [5.41, 5.74) is 18.7. The molecule has 12 rings (SSSR count). The van der Waals surface area contributed by atoms with E-state index in [2.05, 4.69) is 234 Å². The van der Waals surface area contributed by atoms with Gasteiger partial charge in [-0.3, -0.25) is 0 Å². The highest BCUT2D eigenvalue weighted by Crippen LogP contribution is 2.49. The van der Waals surface area contributed by atoms with Crippen molar-refractivity contribution in [2.24, 2.45) is 0 Å². The topological polar surface area (TPSA) is 29.5 Å². The Hall–Kier alpha value is -8.14. The van der Waals surface area contributed by atoms with Gasteiger partial charge in [-0.15, -0.1) is 0 Å². The Balaban J connectivity index is 1.08. The molecule has 0 fully saturated rings. The third-order valence-electron chi connectivity index (χ3n) is 14.0. The van der Waals surface area contributed by atoms with E-state index in [9.17, 15) is 0 Å². The molecule has 0 bridgehead atoms. The molecule has 0 aliphatic heterocycles. The maximum atomic E-state index is 6.34. The quantitative estimate of drug-likeness (QED) is 0.160. The maximum Gasteiger partial charge on any atom is 0.136 e. The number of furan rings is 2. The first-order valence-electron chi connectivity index (χ1n) is 24.1. The molecule has 12 aromatic rings. The smallest absolute Gasteiger partial charge is 0.136 e. The first-order chi connectivity index (χ1) is 33.5. The van der Waals surface area contributed by atoms with E-state index < -0.39 is 0 Å². The summed E-state index contributed by atoms with van der Waals surface area (Å²) in [6.45, 7) is 13.9. The summed E-state index contributed by atoms with van der Waals surface area (Å²) in [4.78, 5) is 2.46. The van der Waals surface area contributed by atoms with Crippen molar-refractivity contribution in [1.82, 2.24) is 0 Å². The molecule has 0 N–H and O–H groups in total. The maximum absolute atomic E-state index is 6.34. The van der Waals surface area contributed by atoms with Crippen LogP contribution in [0.3, 0.4) is 0 Å². The zero-order chi connectivity index (χ0) is 47.0. The number of rotatable bonds is 7. The SMILES string of the molecule is CC(C)(C)c1cc(-c2cccc3cccc(-c4ccccc4N(c4ccc(-c5cccc6oc7ccccc7c56)cc4)c4ccccc4-c4ccc5oc6ccccc6c5c4)c23)cc(C(C)(C)C)c1. The fraction of sp³-hybridized carbons (Fsp3) is 0.121. The van der Waals surface area contributed by atoms with E-state index in [4.69, 9.17) is 8.83 Å². The highest BCUT2D eigenvalue weighted by Gasteiger charge is 2.25. The zero-order valence-corrected chi connectivity index (χ0v) is 40.0. The van der Waals surface area contributed by atoms with Crippen LogP contribution in [-0.4, -0.2) is 0 Å². The number of nitrogens with zero attached hydrogens (tertiary/aromatic N) is 1. The van der Waals surface area contributed by atoms with E-state index in [1.54, 1.807) is 0 Å². The molecular formula is C66H53NO2. The first-order valence-corrected chi connectivity index (χ1v) is 24.1. The Kier molecular flexibility index (Phi) is 9.97. The van der Waals surface area contributed by atoms with Gasteiger partial charge in [-0.25, -0.2) is 0 Å². The lowest BCUT2D eigenvalue weighted by Crippen LogP contribution is -2.16. The monoisotopic (exact) mass is 891 g/mol. The van der Waals surface area contributed by atoms with Gasteiger partial charge in [-0.2, -0.15) is 0 Å². The van der Waals surface area contributed by atoms with Gasteiger partial charge in [-0.1, -0.05) is 199 Å². The average molecular weight is 892 g/mol. The van der Waals surface area contributed by atoms with Gasteiger partial charge in [0.25, 0.3) is 0 Å². The Labute approximate surface area is 403 Å². The minimum Gasteiger partial charge on any atom is -0.456 e. The molecule has 2 heterocycles. The normalized spacial score (nSPS) is 12.2. The van der Waals surface area contributed by atoms with Crippen molar-refractivity contribution >= 4 is 71.7 Å². The number of fused-ring (bicyclic) bond motifs is 7. The molecule has 334 valence electrons. The highest BCUT2D eigenvalue weighted by molar-refractivity contribution is 6.13. The molecule has 3 heteroatoms. The second-order valence-corrected chi connectivity index (χ2v) is 20.5. The Morgan fingerprint density at radius 1 is 0.319 bits per heavy atom. The Bertz CT molecular complexity index is 3890. The van der Waals surface area contributed by atoms with Crippen LogP contribution in [0.5, 0.6) is 0 Å². The van der Waals surface area contributed by atoms with Gasteiger partial charge < -0.3 is 13.7 Å². The fourth-order valence-electron chi connectivity index (χ4n) is 10.4. The summed E-state index contributed by atoms with van der Waals surface area (Å²) >= 11 is 0. The number of benzene rings is 10. The Morgan fingerprint density at radius 3 is 1.51 bits per heavy atom. The van der Waals surface area contributed by atoms with Crippen LogP contribution in [0.1, 0.15) is 52.7 Å². The summed E-state index contributed by atoms with van der Waals surface area (Å²) in [5, 5.41) is 6.90. The number of anilines is 3. The molecule has 69 heavy (non-hydrogen) atoms. The predicted octanol–water partition coefficient (Wildman–Crippen LogP) is 19.4. The van der Waals surface area contributed by atoms with Crippen molar-refractivity contribution in [3.8, 4) is 44.5 Å².